The van der Waals surface area contributed by atoms with E-state index in [0.717, 1.165) is 34.1 Å². The summed E-state index contributed by atoms with van der Waals surface area (Å²) in [5, 5.41) is 4.59. The molecule has 0 atom stereocenters. The number of aryl methyl sites for hydroxylation is 2. The molecule has 0 saturated heterocycles. The Hall–Kier alpha value is -1.42. The Morgan fingerprint density at radius 3 is 2.85 bits per heavy atom. The molecule has 1 aliphatic rings. The van der Waals surface area contributed by atoms with Crippen molar-refractivity contribution in [2.45, 2.75) is 38.6 Å². The standard InChI is InChI=1S/C16H17BrN2O/c17-14-7-4-5-12(9-14)11-19-16(20)10-13-6-2-1-3-8-15(13)18-19/h4-5,7,9-10H,1-3,6,8,11H2. The van der Waals surface area contributed by atoms with Crippen molar-refractivity contribution < 1.29 is 0 Å². The first-order valence-electron chi connectivity index (χ1n) is 7.07. The lowest BCUT2D eigenvalue weighted by Gasteiger charge is -2.10. The van der Waals surface area contributed by atoms with Gasteiger partial charge in [-0.3, -0.25) is 4.79 Å². The number of rotatable bonds is 2. The number of nitrogens with zero attached hydrogens (tertiary/aromatic N) is 2. The maximum Gasteiger partial charge on any atom is 0.267 e. The van der Waals surface area contributed by atoms with Crippen LogP contribution in [0.3, 0.4) is 0 Å². The Morgan fingerprint density at radius 1 is 1.15 bits per heavy atom. The van der Waals surface area contributed by atoms with Crippen LogP contribution in [0, 0.1) is 0 Å². The minimum atomic E-state index is 0.00521. The van der Waals surface area contributed by atoms with E-state index in [2.05, 4.69) is 21.0 Å². The minimum absolute atomic E-state index is 0.00521. The van der Waals surface area contributed by atoms with Crippen LogP contribution in [0.2, 0.25) is 0 Å². The van der Waals surface area contributed by atoms with Gasteiger partial charge >= 0.3 is 0 Å². The predicted molar refractivity (Wildman–Crippen MR) is 83.0 cm³/mol. The summed E-state index contributed by atoms with van der Waals surface area (Å²) in [5.41, 5.74) is 3.35. The Bertz CT molecular complexity index is 678. The van der Waals surface area contributed by atoms with Crippen molar-refractivity contribution in [3.63, 3.8) is 0 Å². The van der Waals surface area contributed by atoms with E-state index in [-0.39, 0.29) is 5.56 Å². The molecule has 3 nitrogen and oxygen atoms in total. The fourth-order valence-electron chi connectivity index (χ4n) is 2.70. The van der Waals surface area contributed by atoms with Gasteiger partial charge in [-0.15, -0.1) is 0 Å². The van der Waals surface area contributed by atoms with Crippen molar-refractivity contribution in [3.8, 4) is 0 Å². The van der Waals surface area contributed by atoms with Crippen molar-refractivity contribution in [1.29, 1.82) is 0 Å². The van der Waals surface area contributed by atoms with E-state index in [9.17, 15) is 4.79 Å². The summed E-state index contributed by atoms with van der Waals surface area (Å²) in [4.78, 5) is 12.2. The molecule has 1 aromatic carbocycles. The molecule has 1 heterocycles. The molecular formula is C16H17BrN2O. The molecule has 2 aromatic rings. The molecule has 4 heteroatoms. The first-order chi connectivity index (χ1) is 9.72. The highest BCUT2D eigenvalue weighted by molar-refractivity contribution is 9.10. The Balaban J connectivity index is 1.94. The van der Waals surface area contributed by atoms with Crippen molar-refractivity contribution in [2.24, 2.45) is 0 Å². The summed E-state index contributed by atoms with van der Waals surface area (Å²) >= 11 is 3.46. The van der Waals surface area contributed by atoms with Crippen molar-refractivity contribution in [3.05, 3.63) is 62.0 Å². The summed E-state index contributed by atoms with van der Waals surface area (Å²) < 4.78 is 2.61. The monoisotopic (exact) mass is 332 g/mol. The second-order valence-corrected chi connectivity index (χ2v) is 6.22. The summed E-state index contributed by atoms with van der Waals surface area (Å²) in [6, 6.07) is 9.79. The number of benzene rings is 1. The van der Waals surface area contributed by atoms with Gasteiger partial charge in [-0.05, 0) is 48.9 Å². The zero-order chi connectivity index (χ0) is 13.9. The molecule has 0 N–H and O–H groups in total. The quantitative estimate of drug-likeness (QED) is 0.790. The van der Waals surface area contributed by atoms with Gasteiger partial charge in [-0.2, -0.15) is 5.10 Å². The van der Waals surface area contributed by atoms with Gasteiger partial charge < -0.3 is 0 Å². The number of hydrogen-bond donors (Lipinski definition) is 0. The molecule has 1 aromatic heterocycles. The van der Waals surface area contributed by atoms with Crippen LogP contribution in [0.4, 0.5) is 0 Å². The van der Waals surface area contributed by atoms with Gasteiger partial charge in [-0.25, -0.2) is 4.68 Å². The molecule has 0 amide bonds. The first-order valence-corrected chi connectivity index (χ1v) is 7.86. The van der Waals surface area contributed by atoms with Gasteiger partial charge in [0.25, 0.3) is 5.56 Å². The van der Waals surface area contributed by atoms with Crippen LogP contribution < -0.4 is 5.56 Å². The summed E-state index contributed by atoms with van der Waals surface area (Å²) in [7, 11) is 0. The predicted octanol–water partition coefficient (Wildman–Crippen LogP) is 3.32. The third-order valence-electron chi connectivity index (χ3n) is 3.75. The molecule has 0 spiro atoms. The van der Waals surface area contributed by atoms with Crippen LogP contribution in [0.15, 0.2) is 39.6 Å². The molecule has 0 aliphatic heterocycles. The summed E-state index contributed by atoms with van der Waals surface area (Å²) in [6.07, 6.45) is 5.57. The molecule has 20 heavy (non-hydrogen) atoms. The highest BCUT2D eigenvalue weighted by Crippen LogP contribution is 2.17. The van der Waals surface area contributed by atoms with Crippen LogP contribution >= 0.6 is 15.9 Å². The lowest BCUT2D eigenvalue weighted by molar-refractivity contribution is 0.610. The SMILES string of the molecule is O=c1cc2c(nn1Cc1cccc(Br)c1)CCCCC2. The van der Waals surface area contributed by atoms with Crippen LogP contribution in [0.5, 0.6) is 0 Å². The van der Waals surface area contributed by atoms with E-state index in [1.165, 1.54) is 19.3 Å². The van der Waals surface area contributed by atoms with E-state index in [1.54, 1.807) is 10.7 Å². The zero-order valence-corrected chi connectivity index (χ0v) is 12.9. The van der Waals surface area contributed by atoms with Gasteiger partial charge in [0.15, 0.2) is 0 Å². The topological polar surface area (TPSA) is 34.9 Å². The lowest BCUT2D eigenvalue weighted by atomic mass is 10.1. The molecule has 0 saturated carbocycles. The molecule has 0 bridgehead atoms. The second-order valence-electron chi connectivity index (χ2n) is 5.30. The number of fused-ring (bicyclic) bond motifs is 1. The fraction of sp³-hybridized carbons (Fsp3) is 0.375. The smallest absolute Gasteiger partial charge is 0.267 e. The highest BCUT2D eigenvalue weighted by Gasteiger charge is 2.12. The maximum atomic E-state index is 12.2. The molecule has 0 unspecified atom stereocenters. The van der Waals surface area contributed by atoms with E-state index in [4.69, 9.17) is 0 Å². The Labute approximate surface area is 126 Å². The number of halogens is 1. The lowest BCUT2D eigenvalue weighted by Crippen LogP contribution is -2.25. The number of hydrogen-bond acceptors (Lipinski definition) is 2. The molecule has 0 fully saturated rings. The largest absolute Gasteiger partial charge is 0.268 e. The van der Waals surface area contributed by atoms with Crippen LogP contribution in [-0.2, 0) is 19.4 Å². The Morgan fingerprint density at radius 2 is 2.00 bits per heavy atom. The van der Waals surface area contributed by atoms with E-state index >= 15 is 0 Å². The van der Waals surface area contributed by atoms with Gasteiger partial charge in [0.2, 0.25) is 0 Å². The van der Waals surface area contributed by atoms with Crippen LogP contribution in [0.25, 0.3) is 0 Å². The van der Waals surface area contributed by atoms with Crippen molar-refractivity contribution in [2.75, 3.05) is 0 Å². The first kappa shape index (κ1) is 13.6. The highest BCUT2D eigenvalue weighted by atomic mass is 79.9. The van der Waals surface area contributed by atoms with E-state index in [0.29, 0.717) is 6.54 Å². The molecular weight excluding hydrogens is 316 g/mol. The van der Waals surface area contributed by atoms with E-state index in [1.807, 2.05) is 24.3 Å². The zero-order valence-electron chi connectivity index (χ0n) is 11.3. The average molecular weight is 333 g/mol. The maximum absolute atomic E-state index is 12.2. The minimum Gasteiger partial charge on any atom is -0.268 e. The Kier molecular flexibility index (Phi) is 4.01. The molecule has 3 rings (SSSR count). The molecule has 104 valence electrons. The van der Waals surface area contributed by atoms with Crippen molar-refractivity contribution in [1.82, 2.24) is 9.78 Å². The van der Waals surface area contributed by atoms with Gasteiger partial charge in [0.05, 0.1) is 12.2 Å². The average Bonchev–Trinajstić information content (AvgIpc) is 2.64. The third-order valence-corrected chi connectivity index (χ3v) is 4.24. The van der Waals surface area contributed by atoms with E-state index < -0.39 is 0 Å². The van der Waals surface area contributed by atoms with Crippen molar-refractivity contribution >= 4 is 15.9 Å². The second kappa shape index (κ2) is 5.92. The summed E-state index contributed by atoms with van der Waals surface area (Å²) in [5.74, 6) is 0. The summed E-state index contributed by atoms with van der Waals surface area (Å²) in [6.45, 7) is 0.533. The molecule has 1 aliphatic carbocycles. The van der Waals surface area contributed by atoms with Gasteiger partial charge in [0.1, 0.15) is 0 Å². The normalized spacial score (nSPS) is 14.7. The van der Waals surface area contributed by atoms with Gasteiger partial charge in [-0.1, -0.05) is 34.5 Å². The molecule has 0 radical (unpaired) electrons. The van der Waals surface area contributed by atoms with Crippen LogP contribution in [-0.4, -0.2) is 9.78 Å². The number of aromatic nitrogens is 2. The third kappa shape index (κ3) is 3.01. The van der Waals surface area contributed by atoms with Gasteiger partial charge in [0, 0.05) is 10.5 Å². The van der Waals surface area contributed by atoms with Crippen LogP contribution in [0.1, 0.15) is 36.1 Å². The fourth-order valence-corrected chi connectivity index (χ4v) is 3.15.